The molecule has 0 aromatic heterocycles. The Kier molecular flexibility index (Phi) is 2.91. The Labute approximate surface area is 131 Å². The van der Waals surface area contributed by atoms with Gasteiger partial charge in [0.1, 0.15) is 6.10 Å². The van der Waals surface area contributed by atoms with Crippen molar-refractivity contribution >= 4 is 15.9 Å². The van der Waals surface area contributed by atoms with E-state index in [-0.39, 0.29) is 28.5 Å². The summed E-state index contributed by atoms with van der Waals surface area (Å²) in [6.07, 6.45) is 6.42. The van der Waals surface area contributed by atoms with E-state index in [2.05, 4.69) is 13.8 Å². The van der Waals surface area contributed by atoms with Crippen LogP contribution in [0.1, 0.15) is 39.5 Å². The number of sulfonamides is 1. The minimum Gasteiger partial charge on any atom is -0.364 e. The molecule has 0 aromatic carbocycles. The molecule has 122 valence electrons. The Morgan fingerprint density at radius 1 is 1.32 bits per heavy atom. The van der Waals surface area contributed by atoms with Crippen molar-refractivity contribution in [2.45, 2.75) is 51.7 Å². The van der Waals surface area contributed by atoms with Gasteiger partial charge in [0.2, 0.25) is 10.0 Å². The van der Waals surface area contributed by atoms with Crippen molar-refractivity contribution in [3.63, 3.8) is 0 Å². The van der Waals surface area contributed by atoms with Gasteiger partial charge < -0.3 is 4.74 Å². The SMILES string of the molecule is CC1(C)[C@@H]2CC[C@]13CS(=O)(=O)N(C(=O)[C@@H]1CC=CCO1)[C@@H]3C2. The average Bonchev–Trinajstić information content (AvgIpc) is 2.94. The highest BCUT2D eigenvalue weighted by atomic mass is 32.2. The third-order valence-electron chi connectivity index (χ3n) is 6.81. The Bertz CT molecular complexity index is 653. The normalized spacial score (nSPS) is 44.3. The maximum Gasteiger partial charge on any atom is 0.265 e. The molecule has 2 bridgehead atoms. The number of nitrogens with zero attached hydrogens (tertiary/aromatic N) is 1. The van der Waals surface area contributed by atoms with Gasteiger partial charge >= 0.3 is 0 Å². The van der Waals surface area contributed by atoms with E-state index in [0.717, 1.165) is 19.3 Å². The van der Waals surface area contributed by atoms with Crippen molar-refractivity contribution in [3.05, 3.63) is 12.2 Å². The Balaban J connectivity index is 1.72. The summed E-state index contributed by atoms with van der Waals surface area (Å²) in [6.45, 7) is 4.76. The van der Waals surface area contributed by atoms with Crippen LogP contribution in [-0.4, -0.2) is 43.1 Å². The summed E-state index contributed by atoms with van der Waals surface area (Å²) in [5, 5.41) is 0. The first-order valence-electron chi connectivity index (χ1n) is 8.12. The molecule has 1 saturated heterocycles. The molecule has 3 fully saturated rings. The van der Waals surface area contributed by atoms with Crippen molar-refractivity contribution < 1.29 is 17.9 Å². The number of hydrogen-bond donors (Lipinski definition) is 0. The van der Waals surface area contributed by atoms with Gasteiger partial charge in [-0.15, -0.1) is 0 Å². The largest absolute Gasteiger partial charge is 0.364 e. The van der Waals surface area contributed by atoms with Crippen LogP contribution in [0.15, 0.2) is 12.2 Å². The van der Waals surface area contributed by atoms with Crippen LogP contribution in [0.5, 0.6) is 0 Å². The highest BCUT2D eigenvalue weighted by Crippen LogP contribution is 2.70. The van der Waals surface area contributed by atoms with Gasteiger partial charge in [-0.3, -0.25) is 4.79 Å². The van der Waals surface area contributed by atoms with E-state index in [0.29, 0.717) is 18.9 Å². The second kappa shape index (κ2) is 4.35. The smallest absolute Gasteiger partial charge is 0.265 e. The maximum absolute atomic E-state index is 12.8. The molecule has 5 nitrogen and oxygen atoms in total. The highest BCUT2D eigenvalue weighted by molar-refractivity contribution is 7.90. The summed E-state index contributed by atoms with van der Waals surface area (Å²) in [5.74, 6) is 0.299. The van der Waals surface area contributed by atoms with Crippen LogP contribution in [0.2, 0.25) is 0 Å². The van der Waals surface area contributed by atoms with Crippen LogP contribution in [0.4, 0.5) is 0 Å². The van der Waals surface area contributed by atoms with Crippen molar-refractivity contribution in [2.24, 2.45) is 16.7 Å². The fourth-order valence-electron chi connectivity index (χ4n) is 5.42. The molecule has 2 heterocycles. The van der Waals surface area contributed by atoms with Crippen LogP contribution < -0.4 is 0 Å². The van der Waals surface area contributed by atoms with Crippen LogP contribution in [0.25, 0.3) is 0 Å². The van der Waals surface area contributed by atoms with E-state index in [1.807, 2.05) is 12.2 Å². The number of carbonyl (C=O) groups is 1. The second-order valence-corrected chi connectivity index (χ2v) is 9.63. The van der Waals surface area contributed by atoms with Gasteiger partial charge in [-0.25, -0.2) is 12.7 Å². The Hall–Kier alpha value is -0.880. The molecule has 6 heteroatoms. The minimum atomic E-state index is -3.53. The van der Waals surface area contributed by atoms with Crippen molar-refractivity contribution in [3.8, 4) is 0 Å². The maximum atomic E-state index is 12.8. The highest BCUT2D eigenvalue weighted by Gasteiger charge is 2.72. The summed E-state index contributed by atoms with van der Waals surface area (Å²) in [5.41, 5.74) is -0.260. The van der Waals surface area contributed by atoms with E-state index in [4.69, 9.17) is 4.74 Å². The molecule has 0 aromatic rings. The van der Waals surface area contributed by atoms with Gasteiger partial charge in [-0.2, -0.15) is 0 Å². The molecule has 2 aliphatic heterocycles. The Morgan fingerprint density at radius 3 is 2.73 bits per heavy atom. The molecule has 0 radical (unpaired) electrons. The zero-order chi connectivity index (χ0) is 15.8. The van der Waals surface area contributed by atoms with Crippen LogP contribution in [0.3, 0.4) is 0 Å². The monoisotopic (exact) mass is 325 g/mol. The predicted molar refractivity (Wildman–Crippen MR) is 81.5 cm³/mol. The number of amides is 1. The third kappa shape index (κ3) is 1.63. The molecule has 4 atom stereocenters. The number of rotatable bonds is 1. The summed E-state index contributed by atoms with van der Waals surface area (Å²) >= 11 is 0. The molecule has 0 N–H and O–H groups in total. The molecule has 22 heavy (non-hydrogen) atoms. The standard InChI is InChI=1S/C16H23NO4S/c1-15(2)11-6-7-16(15)10-22(19,20)17(13(16)9-11)14(18)12-5-3-4-8-21-12/h3-4,11-13H,5-10H2,1-2H3/t11-,12+,13-,16-/m1/s1. The van der Waals surface area contributed by atoms with E-state index >= 15 is 0 Å². The summed E-state index contributed by atoms with van der Waals surface area (Å²) in [6, 6.07) is -0.159. The first kappa shape index (κ1) is 14.7. The summed E-state index contributed by atoms with van der Waals surface area (Å²) < 4.78 is 32.2. The number of ether oxygens (including phenoxy) is 1. The first-order chi connectivity index (χ1) is 10.3. The number of hydrogen-bond acceptors (Lipinski definition) is 4. The second-order valence-electron chi connectivity index (χ2n) is 7.78. The van der Waals surface area contributed by atoms with Gasteiger partial charge in [-0.1, -0.05) is 26.0 Å². The van der Waals surface area contributed by atoms with Gasteiger partial charge in [0.15, 0.2) is 0 Å². The van der Waals surface area contributed by atoms with Crippen LogP contribution in [-0.2, 0) is 19.6 Å². The van der Waals surface area contributed by atoms with Crippen LogP contribution >= 0.6 is 0 Å². The summed E-state index contributed by atoms with van der Waals surface area (Å²) in [7, 11) is -3.53. The van der Waals surface area contributed by atoms with Gasteiger partial charge in [0, 0.05) is 11.8 Å². The lowest BCUT2D eigenvalue weighted by atomic mass is 9.69. The predicted octanol–water partition coefficient (Wildman–Crippen LogP) is 1.70. The van der Waals surface area contributed by atoms with E-state index in [1.165, 1.54) is 4.31 Å². The fraction of sp³-hybridized carbons (Fsp3) is 0.812. The quantitative estimate of drug-likeness (QED) is 0.688. The number of carbonyl (C=O) groups excluding carboxylic acids is 1. The fourth-order valence-corrected chi connectivity index (χ4v) is 7.99. The Morgan fingerprint density at radius 2 is 2.09 bits per heavy atom. The lowest BCUT2D eigenvalue weighted by molar-refractivity contribution is -0.140. The molecule has 2 aliphatic carbocycles. The molecule has 2 saturated carbocycles. The average molecular weight is 325 g/mol. The van der Waals surface area contributed by atoms with Crippen molar-refractivity contribution in [1.29, 1.82) is 0 Å². The summed E-state index contributed by atoms with van der Waals surface area (Å²) in [4.78, 5) is 12.8. The zero-order valence-electron chi connectivity index (χ0n) is 13.1. The molecule has 1 amide bonds. The van der Waals surface area contributed by atoms with E-state index < -0.39 is 16.1 Å². The molecule has 0 unspecified atom stereocenters. The lowest BCUT2D eigenvalue weighted by Gasteiger charge is -2.37. The molecular formula is C16H23NO4S. The van der Waals surface area contributed by atoms with Gasteiger partial charge in [0.05, 0.1) is 18.4 Å². The first-order valence-corrected chi connectivity index (χ1v) is 9.73. The van der Waals surface area contributed by atoms with Gasteiger partial charge in [0.25, 0.3) is 5.91 Å². The number of fused-ring (bicyclic) bond motifs is 1. The van der Waals surface area contributed by atoms with E-state index in [9.17, 15) is 13.2 Å². The lowest BCUT2D eigenvalue weighted by Crippen LogP contribution is -2.48. The van der Waals surface area contributed by atoms with Crippen LogP contribution in [0, 0.1) is 16.7 Å². The minimum absolute atomic E-state index is 0.00685. The van der Waals surface area contributed by atoms with Crippen molar-refractivity contribution in [1.82, 2.24) is 4.31 Å². The third-order valence-corrected chi connectivity index (χ3v) is 8.73. The molecule has 4 rings (SSSR count). The molecule has 1 spiro atoms. The topological polar surface area (TPSA) is 63.7 Å². The molecule has 4 aliphatic rings. The van der Waals surface area contributed by atoms with E-state index in [1.54, 1.807) is 0 Å². The zero-order valence-corrected chi connectivity index (χ0v) is 13.9. The van der Waals surface area contributed by atoms with Gasteiger partial charge in [-0.05, 0) is 30.6 Å². The molecular weight excluding hydrogens is 302 g/mol. The van der Waals surface area contributed by atoms with Crippen molar-refractivity contribution in [2.75, 3.05) is 12.4 Å².